The van der Waals surface area contributed by atoms with Crippen LogP contribution in [-0.4, -0.2) is 24.1 Å². The van der Waals surface area contributed by atoms with Crippen LogP contribution in [0, 0.1) is 17.3 Å². The second-order valence-electron chi connectivity index (χ2n) is 5.74. The fourth-order valence-electron chi connectivity index (χ4n) is 3.72. The van der Waals surface area contributed by atoms with Crippen molar-refractivity contribution in [2.75, 3.05) is 13.1 Å². The van der Waals surface area contributed by atoms with Gasteiger partial charge in [0.1, 0.15) is 0 Å². The van der Waals surface area contributed by atoms with E-state index in [0.29, 0.717) is 5.92 Å². The van der Waals surface area contributed by atoms with Gasteiger partial charge in [0, 0.05) is 18.5 Å². The van der Waals surface area contributed by atoms with Crippen LogP contribution in [0.3, 0.4) is 0 Å². The maximum absolute atomic E-state index is 12.3. The molecule has 3 rings (SSSR count). The summed E-state index contributed by atoms with van der Waals surface area (Å²) < 4.78 is 0. The third-order valence-corrected chi connectivity index (χ3v) is 4.80. The molecular weight excluding hydrogens is 214 g/mol. The molecule has 0 aromatic heterocycles. The molecule has 0 aromatic carbocycles. The Morgan fingerprint density at radius 3 is 2.88 bits per heavy atom. The van der Waals surface area contributed by atoms with Crippen molar-refractivity contribution >= 4 is 5.97 Å². The number of hydroxylamine groups is 2. The van der Waals surface area contributed by atoms with Crippen molar-refractivity contribution in [3.8, 4) is 0 Å². The molecule has 1 heterocycles. The molecule has 1 aliphatic heterocycles. The Hall–Kier alpha value is -0.830. The van der Waals surface area contributed by atoms with Crippen LogP contribution in [0.1, 0.15) is 39.0 Å². The molecule has 2 fully saturated rings. The molecule has 0 spiro atoms. The normalized spacial score (nSPS) is 40.1. The van der Waals surface area contributed by atoms with E-state index >= 15 is 0 Å². The van der Waals surface area contributed by atoms with Crippen molar-refractivity contribution in [3.63, 3.8) is 0 Å². The lowest BCUT2D eigenvalue weighted by Gasteiger charge is -2.30. The minimum atomic E-state index is 0.0144. The highest BCUT2D eigenvalue weighted by atomic mass is 16.7. The first-order valence-corrected chi connectivity index (χ1v) is 6.89. The average molecular weight is 235 g/mol. The molecule has 3 aliphatic rings. The topological polar surface area (TPSA) is 29.5 Å². The number of hydrogen-bond acceptors (Lipinski definition) is 3. The van der Waals surface area contributed by atoms with Crippen molar-refractivity contribution in [1.29, 1.82) is 0 Å². The molecule has 2 aliphatic carbocycles. The summed E-state index contributed by atoms with van der Waals surface area (Å²) in [5.74, 6) is 0.731. The number of rotatable bonds is 3. The summed E-state index contributed by atoms with van der Waals surface area (Å²) in [6.45, 7) is 4.02. The van der Waals surface area contributed by atoms with Crippen molar-refractivity contribution in [3.05, 3.63) is 12.2 Å². The van der Waals surface area contributed by atoms with Crippen molar-refractivity contribution in [1.82, 2.24) is 5.06 Å². The summed E-state index contributed by atoms with van der Waals surface area (Å²) in [6.07, 6.45) is 10.1. The molecule has 3 unspecified atom stereocenters. The van der Waals surface area contributed by atoms with Crippen LogP contribution in [0.15, 0.2) is 12.2 Å². The average Bonchev–Trinajstić information content (AvgIpc) is 3.03. The van der Waals surface area contributed by atoms with Gasteiger partial charge < -0.3 is 4.84 Å². The van der Waals surface area contributed by atoms with Gasteiger partial charge in [-0.3, -0.25) is 4.79 Å². The molecule has 3 atom stereocenters. The zero-order valence-corrected chi connectivity index (χ0v) is 10.5. The quantitative estimate of drug-likeness (QED) is 0.704. The summed E-state index contributed by atoms with van der Waals surface area (Å²) in [7, 11) is 0. The second kappa shape index (κ2) is 4.13. The van der Waals surface area contributed by atoms with Crippen LogP contribution in [0.2, 0.25) is 0 Å². The van der Waals surface area contributed by atoms with Crippen LogP contribution in [-0.2, 0) is 9.63 Å². The molecule has 2 bridgehead atoms. The summed E-state index contributed by atoms with van der Waals surface area (Å²) in [6, 6.07) is 0. The van der Waals surface area contributed by atoms with Crippen LogP contribution < -0.4 is 0 Å². The van der Waals surface area contributed by atoms with Gasteiger partial charge in [-0.15, -0.1) is 5.06 Å². The smallest absolute Gasteiger partial charge is 0.328 e. The van der Waals surface area contributed by atoms with E-state index in [1.165, 1.54) is 0 Å². The highest BCUT2D eigenvalue weighted by Crippen LogP contribution is 2.55. The minimum Gasteiger partial charge on any atom is -0.368 e. The first-order valence-electron chi connectivity index (χ1n) is 6.89. The van der Waals surface area contributed by atoms with Crippen LogP contribution >= 0.6 is 0 Å². The number of nitrogens with zero attached hydrogens (tertiary/aromatic N) is 1. The lowest BCUT2D eigenvalue weighted by Crippen LogP contribution is -2.35. The van der Waals surface area contributed by atoms with E-state index in [2.05, 4.69) is 19.1 Å². The number of allylic oxidation sites excluding steroid dienone is 2. The van der Waals surface area contributed by atoms with Gasteiger partial charge in [-0.2, -0.15) is 0 Å². The molecule has 3 heteroatoms. The van der Waals surface area contributed by atoms with E-state index in [4.69, 9.17) is 4.84 Å². The summed E-state index contributed by atoms with van der Waals surface area (Å²) in [5, 5.41) is 1.85. The monoisotopic (exact) mass is 235 g/mol. The van der Waals surface area contributed by atoms with Gasteiger partial charge in [-0.05, 0) is 38.0 Å². The standard InChI is InChI=1S/C14H21NO2/c1-2-14-6-5-11(10-14)9-12(14)13(16)17-15-7-3-4-8-15/h5-6,11-12H,2-4,7-10H2,1H3. The summed E-state index contributed by atoms with van der Waals surface area (Å²) >= 11 is 0. The molecule has 17 heavy (non-hydrogen) atoms. The predicted octanol–water partition coefficient (Wildman–Crippen LogP) is 2.53. The first kappa shape index (κ1) is 11.3. The Kier molecular flexibility index (Phi) is 2.74. The highest BCUT2D eigenvalue weighted by Gasteiger charge is 2.51. The Labute approximate surface area is 103 Å². The Morgan fingerprint density at radius 1 is 1.47 bits per heavy atom. The Morgan fingerprint density at radius 2 is 2.24 bits per heavy atom. The summed E-state index contributed by atoms with van der Waals surface area (Å²) in [4.78, 5) is 17.8. The Bertz CT molecular complexity index is 346. The molecule has 0 aromatic rings. The lowest BCUT2D eigenvalue weighted by atomic mass is 9.76. The minimum absolute atomic E-state index is 0.0144. The molecule has 94 valence electrons. The first-order chi connectivity index (χ1) is 8.23. The van der Waals surface area contributed by atoms with E-state index in [9.17, 15) is 4.79 Å². The molecule has 0 amide bonds. The van der Waals surface area contributed by atoms with Crippen LogP contribution in [0.25, 0.3) is 0 Å². The lowest BCUT2D eigenvalue weighted by molar-refractivity contribution is -0.193. The van der Waals surface area contributed by atoms with Crippen molar-refractivity contribution < 1.29 is 9.63 Å². The van der Waals surface area contributed by atoms with Crippen LogP contribution in [0.4, 0.5) is 0 Å². The number of carbonyl (C=O) groups is 1. The van der Waals surface area contributed by atoms with Gasteiger partial charge in [0.25, 0.3) is 0 Å². The van der Waals surface area contributed by atoms with Gasteiger partial charge in [0.05, 0.1) is 5.92 Å². The van der Waals surface area contributed by atoms with E-state index in [1.807, 2.05) is 5.06 Å². The largest absolute Gasteiger partial charge is 0.368 e. The maximum Gasteiger partial charge on any atom is 0.328 e. The predicted molar refractivity (Wildman–Crippen MR) is 65.0 cm³/mol. The van der Waals surface area contributed by atoms with Gasteiger partial charge in [-0.1, -0.05) is 19.1 Å². The third kappa shape index (κ3) is 1.81. The SMILES string of the molecule is CCC12C=CC(CC1C(=O)ON1CCCC1)C2. The van der Waals surface area contributed by atoms with E-state index in [1.54, 1.807) is 0 Å². The molecule has 1 saturated heterocycles. The van der Waals surface area contributed by atoms with E-state index in [-0.39, 0.29) is 17.3 Å². The van der Waals surface area contributed by atoms with Gasteiger partial charge in [0.2, 0.25) is 0 Å². The fourth-order valence-corrected chi connectivity index (χ4v) is 3.72. The van der Waals surface area contributed by atoms with Gasteiger partial charge >= 0.3 is 5.97 Å². The van der Waals surface area contributed by atoms with E-state index in [0.717, 1.165) is 45.2 Å². The number of carbonyl (C=O) groups excluding carboxylic acids is 1. The number of hydrogen-bond donors (Lipinski definition) is 0. The van der Waals surface area contributed by atoms with E-state index < -0.39 is 0 Å². The molecule has 0 N–H and O–H groups in total. The van der Waals surface area contributed by atoms with Crippen molar-refractivity contribution in [2.45, 2.75) is 39.0 Å². The Balaban J connectivity index is 1.68. The maximum atomic E-state index is 12.3. The van der Waals surface area contributed by atoms with Gasteiger partial charge in [0.15, 0.2) is 0 Å². The number of fused-ring (bicyclic) bond motifs is 2. The zero-order chi connectivity index (χ0) is 11.9. The molecule has 1 saturated carbocycles. The molecule has 0 radical (unpaired) electrons. The van der Waals surface area contributed by atoms with Crippen molar-refractivity contribution in [2.24, 2.45) is 17.3 Å². The summed E-state index contributed by atoms with van der Waals surface area (Å²) in [5.41, 5.74) is 0.113. The van der Waals surface area contributed by atoms with Crippen LogP contribution in [0.5, 0.6) is 0 Å². The zero-order valence-electron chi connectivity index (χ0n) is 10.5. The highest BCUT2D eigenvalue weighted by molar-refractivity contribution is 5.74. The second-order valence-corrected chi connectivity index (χ2v) is 5.74. The van der Waals surface area contributed by atoms with Gasteiger partial charge in [-0.25, -0.2) is 0 Å². The molecule has 3 nitrogen and oxygen atoms in total. The molecular formula is C14H21NO2. The third-order valence-electron chi connectivity index (χ3n) is 4.80. The fraction of sp³-hybridized carbons (Fsp3) is 0.786.